The van der Waals surface area contributed by atoms with E-state index in [1.165, 1.54) is 11.4 Å². The highest BCUT2D eigenvalue weighted by Gasteiger charge is 2.36. The molecule has 2 nitrogen and oxygen atoms in total. The van der Waals surface area contributed by atoms with E-state index in [-0.39, 0.29) is 5.41 Å². The second-order valence-electron chi connectivity index (χ2n) is 5.13. The Morgan fingerprint density at radius 3 is 3.12 bits per heavy atom. The van der Waals surface area contributed by atoms with Crippen molar-refractivity contribution in [2.45, 2.75) is 20.4 Å². The van der Waals surface area contributed by atoms with E-state index >= 15 is 0 Å². The molecule has 0 radical (unpaired) electrons. The standard InChI is InChI=1S/C15H18N2/c1-12-6-3-4-8-15(12,2)14-13-7-5-10-17(13)11-9-16-14/h3-8,10,12H,9,11H2,1-2H3. The molecule has 2 atom stereocenters. The molecule has 0 saturated heterocycles. The largest absolute Gasteiger partial charge is 0.345 e. The monoisotopic (exact) mass is 226 g/mol. The summed E-state index contributed by atoms with van der Waals surface area (Å²) in [4.78, 5) is 4.80. The van der Waals surface area contributed by atoms with E-state index in [0.717, 1.165) is 13.1 Å². The molecular formula is C15H18N2. The van der Waals surface area contributed by atoms with Gasteiger partial charge in [0.1, 0.15) is 0 Å². The van der Waals surface area contributed by atoms with Gasteiger partial charge < -0.3 is 4.57 Å². The first-order valence-corrected chi connectivity index (χ1v) is 6.28. The van der Waals surface area contributed by atoms with Crippen LogP contribution in [0.3, 0.4) is 0 Å². The number of aromatic nitrogens is 1. The van der Waals surface area contributed by atoms with Gasteiger partial charge in [0.05, 0.1) is 18.0 Å². The van der Waals surface area contributed by atoms with Gasteiger partial charge in [-0.3, -0.25) is 4.99 Å². The van der Waals surface area contributed by atoms with Gasteiger partial charge in [0.25, 0.3) is 0 Å². The van der Waals surface area contributed by atoms with E-state index in [2.05, 4.69) is 61.0 Å². The normalized spacial score (nSPS) is 31.2. The minimum absolute atomic E-state index is 0.0330. The Balaban J connectivity index is 2.08. The summed E-state index contributed by atoms with van der Waals surface area (Å²) in [6, 6.07) is 4.30. The summed E-state index contributed by atoms with van der Waals surface area (Å²) in [6.45, 7) is 6.47. The van der Waals surface area contributed by atoms with Gasteiger partial charge in [0.2, 0.25) is 0 Å². The number of hydrogen-bond acceptors (Lipinski definition) is 1. The molecule has 1 aliphatic carbocycles. The fourth-order valence-corrected chi connectivity index (χ4v) is 2.75. The smallest absolute Gasteiger partial charge is 0.0688 e. The van der Waals surface area contributed by atoms with Crippen molar-refractivity contribution in [2.75, 3.05) is 6.54 Å². The lowest BCUT2D eigenvalue weighted by molar-refractivity contribution is 0.445. The van der Waals surface area contributed by atoms with E-state index in [1.54, 1.807) is 0 Å². The molecule has 0 aromatic carbocycles. The lowest BCUT2D eigenvalue weighted by Crippen LogP contribution is -2.37. The SMILES string of the molecule is CC1C=CC=CC1(C)C1=NCCn2cccc21. The highest BCUT2D eigenvalue weighted by Crippen LogP contribution is 2.37. The van der Waals surface area contributed by atoms with Crippen LogP contribution in [-0.4, -0.2) is 16.8 Å². The summed E-state index contributed by atoms with van der Waals surface area (Å²) in [5.41, 5.74) is 2.55. The van der Waals surface area contributed by atoms with Gasteiger partial charge in [-0.1, -0.05) is 31.2 Å². The quantitative estimate of drug-likeness (QED) is 0.700. The van der Waals surface area contributed by atoms with Crippen molar-refractivity contribution in [3.63, 3.8) is 0 Å². The number of nitrogens with zero attached hydrogens (tertiary/aromatic N) is 2. The summed E-state index contributed by atoms with van der Waals surface area (Å²) in [5.74, 6) is 0.493. The Morgan fingerprint density at radius 1 is 1.41 bits per heavy atom. The number of rotatable bonds is 1. The van der Waals surface area contributed by atoms with Crippen molar-refractivity contribution in [3.8, 4) is 0 Å². The van der Waals surface area contributed by atoms with E-state index in [9.17, 15) is 0 Å². The molecule has 2 aliphatic rings. The number of allylic oxidation sites excluding steroid dienone is 4. The van der Waals surface area contributed by atoms with E-state index in [0.29, 0.717) is 5.92 Å². The number of aliphatic imine (C=N–C) groups is 1. The fraction of sp³-hybridized carbons (Fsp3) is 0.400. The molecule has 1 aromatic rings. The third-order valence-electron chi connectivity index (χ3n) is 4.09. The molecule has 2 heterocycles. The van der Waals surface area contributed by atoms with Crippen molar-refractivity contribution >= 4 is 5.71 Å². The maximum Gasteiger partial charge on any atom is 0.0688 e. The molecular weight excluding hydrogens is 208 g/mol. The van der Waals surface area contributed by atoms with Crippen LogP contribution in [0.2, 0.25) is 0 Å². The Bertz CT molecular complexity index is 519. The summed E-state index contributed by atoms with van der Waals surface area (Å²) in [5, 5.41) is 0. The molecule has 0 spiro atoms. The first kappa shape index (κ1) is 10.6. The van der Waals surface area contributed by atoms with Gasteiger partial charge in [0, 0.05) is 18.2 Å². The first-order chi connectivity index (χ1) is 8.22. The van der Waals surface area contributed by atoms with E-state index in [1.807, 2.05) is 0 Å². The zero-order valence-electron chi connectivity index (χ0n) is 10.4. The summed E-state index contributed by atoms with van der Waals surface area (Å²) < 4.78 is 2.31. The van der Waals surface area contributed by atoms with Crippen LogP contribution < -0.4 is 0 Å². The first-order valence-electron chi connectivity index (χ1n) is 6.28. The third kappa shape index (κ3) is 1.51. The fourth-order valence-electron chi connectivity index (χ4n) is 2.75. The number of fused-ring (bicyclic) bond motifs is 1. The van der Waals surface area contributed by atoms with Crippen LogP contribution in [0.1, 0.15) is 19.5 Å². The third-order valence-corrected chi connectivity index (χ3v) is 4.09. The van der Waals surface area contributed by atoms with E-state index < -0.39 is 0 Å². The predicted molar refractivity (Wildman–Crippen MR) is 71.4 cm³/mol. The maximum atomic E-state index is 4.80. The van der Waals surface area contributed by atoms with Crippen LogP contribution in [0.5, 0.6) is 0 Å². The Hall–Kier alpha value is -1.57. The molecule has 2 heteroatoms. The molecule has 0 bridgehead atoms. The van der Waals surface area contributed by atoms with Gasteiger partial charge in [-0.2, -0.15) is 0 Å². The Labute approximate surface area is 102 Å². The highest BCUT2D eigenvalue weighted by atomic mass is 15.0. The van der Waals surface area contributed by atoms with Crippen LogP contribution >= 0.6 is 0 Å². The molecule has 2 unspecified atom stereocenters. The van der Waals surface area contributed by atoms with Gasteiger partial charge in [-0.05, 0) is 25.0 Å². The number of hydrogen-bond donors (Lipinski definition) is 0. The van der Waals surface area contributed by atoms with Crippen molar-refractivity contribution in [2.24, 2.45) is 16.3 Å². The van der Waals surface area contributed by atoms with Crippen molar-refractivity contribution in [1.82, 2.24) is 4.57 Å². The summed E-state index contributed by atoms with van der Waals surface area (Å²) in [6.07, 6.45) is 11.0. The maximum absolute atomic E-state index is 4.80. The Kier molecular flexibility index (Phi) is 2.32. The van der Waals surface area contributed by atoms with Crippen LogP contribution in [0.15, 0.2) is 47.6 Å². The summed E-state index contributed by atoms with van der Waals surface area (Å²) in [7, 11) is 0. The van der Waals surface area contributed by atoms with Gasteiger partial charge >= 0.3 is 0 Å². The lowest BCUT2D eigenvalue weighted by Gasteiger charge is -2.36. The molecule has 0 N–H and O–H groups in total. The molecule has 1 aromatic heterocycles. The van der Waals surface area contributed by atoms with Gasteiger partial charge in [-0.15, -0.1) is 0 Å². The molecule has 17 heavy (non-hydrogen) atoms. The van der Waals surface area contributed by atoms with Crippen LogP contribution in [0.4, 0.5) is 0 Å². The minimum Gasteiger partial charge on any atom is -0.345 e. The Morgan fingerprint density at radius 2 is 2.29 bits per heavy atom. The van der Waals surface area contributed by atoms with Crippen LogP contribution in [-0.2, 0) is 6.54 Å². The molecule has 3 rings (SSSR count). The second-order valence-corrected chi connectivity index (χ2v) is 5.13. The predicted octanol–water partition coefficient (Wildman–Crippen LogP) is 3.06. The lowest BCUT2D eigenvalue weighted by atomic mass is 9.70. The van der Waals surface area contributed by atoms with Crippen LogP contribution in [0.25, 0.3) is 0 Å². The van der Waals surface area contributed by atoms with Gasteiger partial charge in [0.15, 0.2) is 0 Å². The second kappa shape index (κ2) is 3.73. The van der Waals surface area contributed by atoms with Crippen molar-refractivity contribution < 1.29 is 0 Å². The van der Waals surface area contributed by atoms with Gasteiger partial charge in [-0.25, -0.2) is 0 Å². The molecule has 1 aliphatic heterocycles. The molecule has 88 valence electrons. The molecule has 0 saturated carbocycles. The topological polar surface area (TPSA) is 17.3 Å². The molecule has 0 fully saturated rings. The minimum atomic E-state index is 0.0330. The van der Waals surface area contributed by atoms with Crippen molar-refractivity contribution in [3.05, 3.63) is 48.3 Å². The van der Waals surface area contributed by atoms with Crippen molar-refractivity contribution in [1.29, 1.82) is 0 Å². The average molecular weight is 226 g/mol. The van der Waals surface area contributed by atoms with E-state index in [4.69, 9.17) is 4.99 Å². The zero-order valence-corrected chi connectivity index (χ0v) is 10.4. The summed E-state index contributed by atoms with van der Waals surface area (Å²) >= 11 is 0. The molecule has 0 amide bonds. The zero-order chi connectivity index (χ0) is 11.9. The average Bonchev–Trinajstić information content (AvgIpc) is 2.81. The van der Waals surface area contributed by atoms with Crippen LogP contribution in [0, 0.1) is 11.3 Å². The highest BCUT2D eigenvalue weighted by molar-refractivity contribution is 6.05.